The van der Waals surface area contributed by atoms with Gasteiger partial charge in [-0.1, -0.05) is 24.3 Å². The van der Waals surface area contributed by atoms with Crippen molar-refractivity contribution >= 4 is 53.0 Å². The number of para-hydroxylation sites is 1. The van der Waals surface area contributed by atoms with E-state index in [1.54, 1.807) is 6.07 Å². The van der Waals surface area contributed by atoms with Gasteiger partial charge in [-0.3, -0.25) is 20.4 Å². The number of rotatable bonds is 7. The number of halogens is 1. The van der Waals surface area contributed by atoms with Gasteiger partial charge in [0.05, 0.1) is 11.8 Å². The average Bonchev–Trinajstić information content (AvgIpc) is 2.60. The topological polar surface area (TPSA) is 82.3 Å². The fourth-order valence-corrected chi connectivity index (χ4v) is 2.67. The SMILES string of the molecule is O=C(CC(=O)NNC(=S)Nc1cccc(F)c1)CC(S)Nc1ccccc1. The molecule has 2 aromatic carbocycles. The zero-order valence-corrected chi connectivity index (χ0v) is 15.9. The highest BCUT2D eigenvalue weighted by Gasteiger charge is 2.14. The largest absolute Gasteiger partial charge is 0.373 e. The van der Waals surface area contributed by atoms with Gasteiger partial charge < -0.3 is 10.6 Å². The lowest BCUT2D eigenvalue weighted by Crippen LogP contribution is -2.44. The van der Waals surface area contributed by atoms with E-state index in [0.717, 1.165) is 5.69 Å². The van der Waals surface area contributed by atoms with Crippen LogP contribution in [0.4, 0.5) is 15.8 Å². The first kappa shape index (κ1) is 20.7. The molecule has 27 heavy (non-hydrogen) atoms. The number of hydrazine groups is 1. The number of hydrogen-bond donors (Lipinski definition) is 5. The van der Waals surface area contributed by atoms with Crippen LogP contribution in [-0.2, 0) is 9.59 Å². The van der Waals surface area contributed by atoms with Gasteiger partial charge >= 0.3 is 0 Å². The molecule has 1 amide bonds. The summed E-state index contributed by atoms with van der Waals surface area (Å²) in [5.74, 6) is -1.23. The monoisotopic (exact) mass is 406 g/mol. The van der Waals surface area contributed by atoms with Crippen molar-refractivity contribution < 1.29 is 14.0 Å². The Hall–Kier alpha value is -2.65. The Balaban J connectivity index is 1.68. The van der Waals surface area contributed by atoms with Gasteiger partial charge in [-0.25, -0.2) is 4.39 Å². The highest BCUT2D eigenvalue weighted by Crippen LogP contribution is 2.12. The molecule has 0 saturated carbocycles. The van der Waals surface area contributed by atoms with Crippen LogP contribution < -0.4 is 21.5 Å². The third-order valence-electron chi connectivity index (χ3n) is 3.28. The van der Waals surface area contributed by atoms with E-state index >= 15 is 0 Å². The second-order valence-corrected chi connectivity index (χ2v) is 6.61. The zero-order valence-electron chi connectivity index (χ0n) is 14.2. The standard InChI is InChI=1S/C18H19FN4O2S2/c19-12-5-4-8-14(9-12)21-18(27)23-22-16(25)10-15(24)11-17(26)20-13-6-2-1-3-7-13/h1-9,17,20,26H,10-11H2,(H,22,25)(H2,21,23,27). The molecule has 0 fully saturated rings. The molecule has 0 saturated heterocycles. The summed E-state index contributed by atoms with van der Waals surface area (Å²) in [6, 6.07) is 15.0. The van der Waals surface area contributed by atoms with Gasteiger partial charge in [0, 0.05) is 17.8 Å². The summed E-state index contributed by atoms with van der Waals surface area (Å²) < 4.78 is 13.1. The lowest BCUT2D eigenvalue weighted by Gasteiger charge is -2.14. The van der Waals surface area contributed by atoms with Crippen molar-refractivity contribution in [3.05, 3.63) is 60.4 Å². The summed E-state index contributed by atoms with van der Waals surface area (Å²) >= 11 is 9.30. The first-order chi connectivity index (χ1) is 12.9. The van der Waals surface area contributed by atoms with Gasteiger partial charge in [0.25, 0.3) is 0 Å². The second kappa shape index (κ2) is 10.5. The molecular formula is C18H19FN4O2S2. The van der Waals surface area contributed by atoms with Crippen molar-refractivity contribution in [1.29, 1.82) is 0 Å². The normalized spacial score (nSPS) is 11.2. The first-order valence-corrected chi connectivity index (χ1v) is 8.97. The summed E-state index contributed by atoms with van der Waals surface area (Å²) in [5.41, 5.74) is 6.05. The third kappa shape index (κ3) is 8.06. The number of amides is 1. The quantitative estimate of drug-likeness (QED) is 0.160. The smallest absolute Gasteiger partial charge is 0.245 e. The van der Waals surface area contributed by atoms with Crippen molar-refractivity contribution in [2.75, 3.05) is 10.6 Å². The maximum atomic E-state index is 13.1. The number of anilines is 2. The molecule has 2 rings (SSSR count). The summed E-state index contributed by atoms with van der Waals surface area (Å²) in [4.78, 5) is 23.8. The number of benzene rings is 2. The molecule has 0 aliphatic carbocycles. The predicted octanol–water partition coefficient (Wildman–Crippen LogP) is 2.86. The second-order valence-electron chi connectivity index (χ2n) is 5.58. The number of Topliss-reactive ketones (excluding diaryl/α,β-unsaturated/α-hetero) is 1. The minimum atomic E-state index is -0.538. The van der Waals surface area contributed by atoms with Crippen LogP contribution in [0.3, 0.4) is 0 Å². The molecule has 0 aliphatic rings. The maximum Gasteiger partial charge on any atom is 0.245 e. The first-order valence-electron chi connectivity index (χ1n) is 8.05. The lowest BCUT2D eigenvalue weighted by atomic mass is 10.2. The summed E-state index contributed by atoms with van der Waals surface area (Å²) in [5, 5.41) is 5.43. The van der Waals surface area contributed by atoms with Crippen LogP contribution in [0.2, 0.25) is 0 Å². The summed E-state index contributed by atoms with van der Waals surface area (Å²) in [7, 11) is 0. The van der Waals surface area contributed by atoms with Crippen LogP contribution >= 0.6 is 24.8 Å². The molecule has 0 radical (unpaired) electrons. The lowest BCUT2D eigenvalue weighted by molar-refractivity contribution is -0.128. The molecule has 2 aromatic rings. The Morgan fingerprint density at radius 2 is 1.74 bits per heavy atom. The van der Waals surface area contributed by atoms with Crippen molar-refractivity contribution in [3.63, 3.8) is 0 Å². The Kier molecular flexibility index (Phi) is 8.02. The number of nitrogens with one attached hydrogen (secondary N) is 4. The predicted molar refractivity (Wildman–Crippen MR) is 111 cm³/mol. The van der Waals surface area contributed by atoms with E-state index in [2.05, 4.69) is 34.1 Å². The fourth-order valence-electron chi connectivity index (χ4n) is 2.14. The highest BCUT2D eigenvalue weighted by atomic mass is 32.1. The number of ketones is 1. The molecule has 1 atom stereocenters. The Morgan fingerprint density at radius 1 is 1.04 bits per heavy atom. The van der Waals surface area contributed by atoms with E-state index in [9.17, 15) is 14.0 Å². The molecular weight excluding hydrogens is 387 g/mol. The van der Waals surface area contributed by atoms with Crippen LogP contribution in [0.5, 0.6) is 0 Å². The van der Waals surface area contributed by atoms with E-state index < -0.39 is 17.1 Å². The Bertz CT molecular complexity index is 805. The molecule has 1 unspecified atom stereocenters. The van der Waals surface area contributed by atoms with E-state index in [1.165, 1.54) is 18.2 Å². The van der Waals surface area contributed by atoms with Crippen molar-refractivity contribution in [2.45, 2.75) is 18.2 Å². The van der Waals surface area contributed by atoms with Crippen LogP contribution in [0.25, 0.3) is 0 Å². The Morgan fingerprint density at radius 3 is 2.44 bits per heavy atom. The fraction of sp³-hybridized carbons (Fsp3) is 0.167. The minimum Gasteiger partial charge on any atom is -0.373 e. The number of thiocarbonyl (C=S) groups is 1. The number of carbonyl (C=O) groups excluding carboxylic acids is 2. The number of thiol groups is 1. The van der Waals surface area contributed by atoms with E-state index in [4.69, 9.17) is 12.2 Å². The van der Waals surface area contributed by atoms with Gasteiger partial charge in [0.1, 0.15) is 11.6 Å². The average molecular weight is 407 g/mol. The summed E-state index contributed by atoms with van der Waals surface area (Å²) in [6.07, 6.45) is -0.236. The zero-order chi connectivity index (χ0) is 19.6. The Labute approximate surface area is 167 Å². The van der Waals surface area contributed by atoms with Crippen LogP contribution in [-0.4, -0.2) is 22.2 Å². The van der Waals surface area contributed by atoms with Crippen LogP contribution in [0.1, 0.15) is 12.8 Å². The molecule has 0 aromatic heterocycles. The van der Waals surface area contributed by atoms with Gasteiger partial charge in [-0.05, 0) is 42.5 Å². The molecule has 0 heterocycles. The molecule has 9 heteroatoms. The third-order valence-corrected chi connectivity index (χ3v) is 3.80. The van der Waals surface area contributed by atoms with Crippen LogP contribution in [0.15, 0.2) is 54.6 Å². The highest BCUT2D eigenvalue weighted by molar-refractivity contribution is 7.81. The molecule has 6 nitrogen and oxygen atoms in total. The number of carbonyl (C=O) groups is 2. The van der Waals surface area contributed by atoms with Gasteiger partial charge in [-0.2, -0.15) is 12.6 Å². The van der Waals surface area contributed by atoms with Gasteiger partial charge in [0.2, 0.25) is 5.91 Å². The van der Waals surface area contributed by atoms with Gasteiger partial charge in [-0.15, -0.1) is 0 Å². The minimum absolute atomic E-state index is 0.0687. The molecule has 4 N–H and O–H groups in total. The molecule has 0 spiro atoms. The van der Waals surface area contributed by atoms with E-state index in [1.807, 2.05) is 30.3 Å². The maximum absolute atomic E-state index is 13.1. The van der Waals surface area contributed by atoms with E-state index in [-0.39, 0.29) is 23.7 Å². The van der Waals surface area contributed by atoms with E-state index in [0.29, 0.717) is 5.69 Å². The summed E-state index contributed by atoms with van der Waals surface area (Å²) in [6.45, 7) is 0. The van der Waals surface area contributed by atoms with Crippen molar-refractivity contribution in [2.24, 2.45) is 0 Å². The molecule has 0 aliphatic heterocycles. The van der Waals surface area contributed by atoms with Crippen molar-refractivity contribution in [1.82, 2.24) is 10.9 Å². The number of hydrogen-bond acceptors (Lipinski definition) is 5. The van der Waals surface area contributed by atoms with Crippen molar-refractivity contribution in [3.8, 4) is 0 Å². The van der Waals surface area contributed by atoms with Crippen LogP contribution in [0, 0.1) is 5.82 Å². The van der Waals surface area contributed by atoms with Gasteiger partial charge in [0.15, 0.2) is 5.11 Å². The molecule has 142 valence electrons. The molecule has 0 bridgehead atoms.